The molecule has 3 N–H and O–H groups in total. The van der Waals surface area contributed by atoms with Crippen LogP contribution in [0.2, 0.25) is 0 Å². The predicted octanol–water partition coefficient (Wildman–Crippen LogP) is 2.48. The van der Waals surface area contributed by atoms with Crippen LogP contribution in [0.15, 0.2) is 10.1 Å². The van der Waals surface area contributed by atoms with Gasteiger partial charge >= 0.3 is 12.1 Å². The number of alkyl halides is 3. The second-order valence-electron chi connectivity index (χ2n) is 8.15. The summed E-state index contributed by atoms with van der Waals surface area (Å²) in [5.41, 5.74) is 0.213. The van der Waals surface area contributed by atoms with E-state index in [1.807, 2.05) is 10.2 Å². The monoisotopic (exact) mass is 578 g/mol. The van der Waals surface area contributed by atoms with E-state index in [1.54, 1.807) is 4.68 Å². The van der Waals surface area contributed by atoms with Crippen LogP contribution in [0.3, 0.4) is 0 Å². The number of aromatic nitrogens is 3. The molecule has 2 aromatic rings. The Bertz CT molecular complexity index is 1130. The van der Waals surface area contributed by atoms with E-state index in [9.17, 15) is 32.7 Å². The Hall–Kier alpha value is -2.88. The van der Waals surface area contributed by atoms with E-state index in [1.165, 1.54) is 6.20 Å². The van der Waals surface area contributed by atoms with E-state index >= 15 is 0 Å². The number of hydrogen-bond acceptors (Lipinski definition) is 8. The van der Waals surface area contributed by atoms with Crippen molar-refractivity contribution in [2.45, 2.75) is 50.4 Å². The summed E-state index contributed by atoms with van der Waals surface area (Å²) in [5.74, 6) is -2.02. The second-order valence-corrected chi connectivity index (χ2v) is 10.4. The van der Waals surface area contributed by atoms with Crippen LogP contribution >= 0.6 is 27.3 Å². The van der Waals surface area contributed by atoms with Crippen LogP contribution in [0.25, 0.3) is 0 Å². The lowest BCUT2D eigenvalue weighted by atomic mass is 10.1. The number of carbonyl (C=O) groups excluding carboxylic acids is 3. The van der Waals surface area contributed by atoms with Gasteiger partial charge < -0.3 is 30.8 Å². The van der Waals surface area contributed by atoms with Gasteiger partial charge in [0.25, 0.3) is 5.91 Å². The molecule has 3 heterocycles. The van der Waals surface area contributed by atoms with Crippen LogP contribution in [0.5, 0.6) is 0 Å². The lowest BCUT2D eigenvalue weighted by Crippen LogP contribution is -2.43. The van der Waals surface area contributed by atoms with Crippen molar-refractivity contribution in [1.29, 1.82) is 0 Å². The number of amides is 3. The van der Waals surface area contributed by atoms with E-state index < -0.39 is 30.1 Å². The number of halogens is 4. The SMILES string of the molecule is O=C([O-])Nc1sc(Br)nc1C(=O)Nc1cnn(C2CC2)c1N1CCCC(NC(=O)C(F)(F)F)CC1. The molecular formula is C19H20BrF3N7O4S-. The zero-order valence-corrected chi connectivity index (χ0v) is 20.4. The second kappa shape index (κ2) is 10.0. The zero-order chi connectivity index (χ0) is 25.3. The van der Waals surface area contributed by atoms with Gasteiger partial charge in [-0.3, -0.25) is 9.59 Å². The number of rotatable bonds is 6. The smallest absolute Gasteiger partial charge is 0.471 e. The Labute approximate surface area is 209 Å². The molecule has 0 radical (unpaired) electrons. The molecule has 1 aliphatic heterocycles. The van der Waals surface area contributed by atoms with Crippen LogP contribution in [-0.4, -0.2) is 58.0 Å². The first kappa shape index (κ1) is 25.2. The highest BCUT2D eigenvalue weighted by Crippen LogP contribution is 2.41. The molecule has 35 heavy (non-hydrogen) atoms. The highest BCUT2D eigenvalue weighted by Gasteiger charge is 2.40. The number of carboxylic acid groups (broad SMARTS) is 1. The van der Waals surface area contributed by atoms with Crippen molar-refractivity contribution in [2.75, 3.05) is 28.6 Å². The van der Waals surface area contributed by atoms with Gasteiger partial charge in [-0.25, -0.2) is 9.67 Å². The Morgan fingerprint density at radius 3 is 2.54 bits per heavy atom. The Kier molecular flexibility index (Phi) is 7.21. The summed E-state index contributed by atoms with van der Waals surface area (Å²) in [7, 11) is 0. The number of nitrogens with zero attached hydrogens (tertiary/aromatic N) is 4. The highest BCUT2D eigenvalue weighted by atomic mass is 79.9. The first-order valence-electron chi connectivity index (χ1n) is 10.7. The van der Waals surface area contributed by atoms with Crippen LogP contribution in [0, 0.1) is 0 Å². The fraction of sp³-hybridized carbons (Fsp3) is 0.526. The summed E-state index contributed by atoms with van der Waals surface area (Å²) in [6, 6.07) is -0.488. The van der Waals surface area contributed by atoms with Crippen molar-refractivity contribution < 1.29 is 32.7 Å². The van der Waals surface area contributed by atoms with Gasteiger partial charge in [0.2, 0.25) is 0 Å². The van der Waals surface area contributed by atoms with Gasteiger partial charge in [0, 0.05) is 19.1 Å². The summed E-state index contributed by atoms with van der Waals surface area (Å²) in [5, 5.41) is 22.1. The third-order valence-corrected chi connectivity index (χ3v) is 6.98. The minimum Gasteiger partial charge on any atom is -0.530 e. The maximum absolute atomic E-state index is 12.9. The fourth-order valence-electron chi connectivity index (χ4n) is 3.87. The summed E-state index contributed by atoms with van der Waals surface area (Å²) in [6.45, 7) is 0.823. The number of nitrogens with one attached hydrogen (secondary N) is 3. The van der Waals surface area contributed by atoms with Gasteiger partial charge in [-0.05, 0) is 48.0 Å². The first-order valence-corrected chi connectivity index (χ1v) is 12.3. The molecule has 0 bridgehead atoms. The largest absolute Gasteiger partial charge is 0.530 e. The number of thiazole rings is 1. The molecule has 11 nitrogen and oxygen atoms in total. The van der Waals surface area contributed by atoms with Gasteiger partial charge in [0.1, 0.15) is 16.8 Å². The first-order chi connectivity index (χ1) is 16.5. The molecule has 0 aromatic carbocycles. The fourth-order valence-corrected chi connectivity index (χ4v) is 5.21. The van der Waals surface area contributed by atoms with Crippen molar-refractivity contribution in [3.8, 4) is 0 Å². The quantitative estimate of drug-likeness (QED) is 0.477. The van der Waals surface area contributed by atoms with Crippen LogP contribution in [-0.2, 0) is 4.79 Å². The van der Waals surface area contributed by atoms with E-state index in [-0.39, 0.29) is 23.2 Å². The maximum atomic E-state index is 12.9. The molecule has 190 valence electrons. The van der Waals surface area contributed by atoms with E-state index in [0.717, 1.165) is 24.2 Å². The summed E-state index contributed by atoms with van der Waals surface area (Å²) in [6.07, 6.45) is -2.07. The molecule has 1 unspecified atom stereocenters. The normalized spacial score (nSPS) is 18.6. The topological polar surface area (TPSA) is 144 Å². The zero-order valence-electron chi connectivity index (χ0n) is 18.0. The number of anilines is 3. The van der Waals surface area contributed by atoms with E-state index in [0.29, 0.717) is 41.4 Å². The molecule has 0 spiro atoms. The average molecular weight is 579 g/mol. The van der Waals surface area contributed by atoms with Crippen molar-refractivity contribution in [2.24, 2.45) is 0 Å². The Morgan fingerprint density at radius 1 is 1.14 bits per heavy atom. The third-order valence-electron chi connectivity index (χ3n) is 5.56. The lowest BCUT2D eigenvalue weighted by molar-refractivity contribution is -0.242. The number of carbonyl (C=O) groups is 3. The summed E-state index contributed by atoms with van der Waals surface area (Å²) in [4.78, 5) is 41.2. The van der Waals surface area contributed by atoms with Crippen molar-refractivity contribution in [3.05, 3.63) is 15.8 Å². The average Bonchev–Trinajstić information content (AvgIpc) is 3.48. The minimum atomic E-state index is -4.94. The lowest BCUT2D eigenvalue weighted by Gasteiger charge is -2.25. The molecule has 1 saturated heterocycles. The molecule has 4 rings (SSSR count). The molecule has 1 saturated carbocycles. The van der Waals surface area contributed by atoms with Crippen LogP contribution in [0.1, 0.15) is 48.6 Å². The molecule has 3 amide bonds. The minimum absolute atomic E-state index is 0.0106. The number of hydrogen-bond donors (Lipinski definition) is 3. The molecule has 1 aliphatic carbocycles. The standard InChI is InChI=1S/C19H21BrF3N7O4S/c20-17-27-12(14(35-17)28-18(33)34)13(31)26-11-8-24-30(10-3-4-10)15(11)29-6-1-2-9(5-7-29)25-16(32)19(21,22)23/h8-10,28H,1-7H2,(H,25,32)(H,26,31)(H,33,34)/p-1. The van der Waals surface area contributed by atoms with Crippen LogP contribution < -0.4 is 26.0 Å². The van der Waals surface area contributed by atoms with Gasteiger partial charge in [0.05, 0.1) is 12.2 Å². The van der Waals surface area contributed by atoms with Crippen LogP contribution in [0.4, 0.5) is 34.5 Å². The van der Waals surface area contributed by atoms with Gasteiger partial charge in [0.15, 0.2) is 15.4 Å². The van der Waals surface area contributed by atoms with E-state index in [4.69, 9.17) is 0 Å². The molecule has 2 aliphatic rings. The summed E-state index contributed by atoms with van der Waals surface area (Å²) >= 11 is 4.04. The third kappa shape index (κ3) is 6.04. The predicted molar refractivity (Wildman–Crippen MR) is 121 cm³/mol. The Morgan fingerprint density at radius 2 is 1.89 bits per heavy atom. The van der Waals surface area contributed by atoms with Crippen molar-refractivity contribution in [3.63, 3.8) is 0 Å². The maximum Gasteiger partial charge on any atom is 0.471 e. The highest BCUT2D eigenvalue weighted by molar-refractivity contribution is 9.11. The molecular weight excluding hydrogens is 559 g/mol. The van der Waals surface area contributed by atoms with Gasteiger partial charge in [-0.15, -0.1) is 0 Å². The molecule has 16 heteroatoms. The van der Waals surface area contributed by atoms with E-state index in [2.05, 4.69) is 36.6 Å². The summed E-state index contributed by atoms with van der Waals surface area (Å²) < 4.78 is 40.0. The Balaban J connectivity index is 1.53. The van der Waals surface area contributed by atoms with Gasteiger partial charge in [-0.1, -0.05) is 11.3 Å². The van der Waals surface area contributed by atoms with Crippen molar-refractivity contribution in [1.82, 2.24) is 20.1 Å². The molecule has 2 fully saturated rings. The molecule has 1 atom stereocenters. The van der Waals surface area contributed by atoms with Crippen molar-refractivity contribution >= 4 is 61.7 Å². The molecule has 2 aromatic heterocycles. The van der Waals surface area contributed by atoms with Gasteiger partial charge in [-0.2, -0.15) is 18.3 Å².